The Hall–Kier alpha value is -4.18. The fourth-order valence-electron chi connectivity index (χ4n) is 3.78. The van der Waals surface area contributed by atoms with Gasteiger partial charge in [-0.05, 0) is 54.1 Å². The third kappa shape index (κ3) is 6.73. The van der Waals surface area contributed by atoms with Gasteiger partial charge >= 0.3 is 6.18 Å². The number of pyridine rings is 1. The van der Waals surface area contributed by atoms with Gasteiger partial charge in [0.05, 0.1) is 30.7 Å². The van der Waals surface area contributed by atoms with Gasteiger partial charge in [-0.1, -0.05) is 18.2 Å². The average Bonchev–Trinajstić information content (AvgIpc) is 2.92. The van der Waals surface area contributed by atoms with Gasteiger partial charge in [0.1, 0.15) is 5.82 Å². The van der Waals surface area contributed by atoms with E-state index < -0.39 is 17.6 Å². The molecule has 10 heteroatoms. The topological polar surface area (TPSA) is 74.8 Å². The molecule has 4 rings (SSSR count). The minimum Gasteiger partial charge on any atom is -0.378 e. The molecule has 1 fully saturated rings. The number of aromatic nitrogens is 1. The SMILES string of the molecule is CN(C(=O)c1cccc(C(F)(F)F)c1)c1cccc(C=CC(=O)Nc2ccc(N3CCOCC3)cn2)c1. The fourth-order valence-corrected chi connectivity index (χ4v) is 3.78. The van der Waals surface area contributed by atoms with Crippen LogP contribution in [-0.2, 0) is 15.7 Å². The van der Waals surface area contributed by atoms with E-state index in [1.54, 1.807) is 42.6 Å². The quantitative estimate of drug-likeness (QED) is 0.479. The van der Waals surface area contributed by atoms with Crippen molar-refractivity contribution in [3.8, 4) is 0 Å². The third-order valence-electron chi connectivity index (χ3n) is 5.80. The highest BCUT2D eigenvalue weighted by Gasteiger charge is 2.31. The summed E-state index contributed by atoms with van der Waals surface area (Å²) in [5, 5.41) is 2.70. The largest absolute Gasteiger partial charge is 0.416 e. The van der Waals surface area contributed by atoms with Crippen molar-refractivity contribution in [2.45, 2.75) is 6.18 Å². The molecule has 0 unspecified atom stereocenters. The van der Waals surface area contributed by atoms with Crippen molar-refractivity contribution >= 4 is 35.1 Å². The molecule has 0 atom stereocenters. The van der Waals surface area contributed by atoms with Crippen LogP contribution >= 0.6 is 0 Å². The summed E-state index contributed by atoms with van der Waals surface area (Å²) in [6.07, 6.45) is 0.0701. The minimum absolute atomic E-state index is 0.0789. The van der Waals surface area contributed by atoms with Crippen molar-refractivity contribution < 1.29 is 27.5 Å². The maximum Gasteiger partial charge on any atom is 0.416 e. The van der Waals surface area contributed by atoms with Crippen LogP contribution < -0.4 is 15.1 Å². The highest BCUT2D eigenvalue weighted by Crippen LogP contribution is 2.30. The zero-order chi connectivity index (χ0) is 26.4. The number of carbonyl (C=O) groups excluding carboxylic acids is 2. The molecule has 0 radical (unpaired) electrons. The number of amides is 2. The number of alkyl halides is 3. The predicted octanol–water partition coefficient (Wildman–Crippen LogP) is 4.87. The summed E-state index contributed by atoms with van der Waals surface area (Å²) in [4.78, 5) is 32.9. The van der Waals surface area contributed by atoms with Crippen molar-refractivity contribution in [2.24, 2.45) is 0 Å². The number of benzene rings is 2. The van der Waals surface area contributed by atoms with Crippen LogP contribution in [0.5, 0.6) is 0 Å². The van der Waals surface area contributed by atoms with Gasteiger partial charge in [-0.25, -0.2) is 4.98 Å². The van der Waals surface area contributed by atoms with Crippen molar-refractivity contribution in [2.75, 3.05) is 48.5 Å². The molecule has 1 saturated heterocycles. The van der Waals surface area contributed by atoms with Crippen LogP contribution in [0.1, 0.15) is 21.5 Å². The van der Waals surface area contributed by atoms with Crippen LogP contribution in [0.15, 0.2) is 72.9 Å². The molecular weight excluding hydrogens is 485 g/mol. The van der Waals surface area contributed by atoms with E-state index in [2.05, 4.69) is 15.2 Å². The maximum atomic E-state index is 13.0. The number of carbonyl (C=O) groups is 2. The van der Waals surface area contributed by atoms with Gasteiger partial charge in [0, 0.05) is 37.5 Å². The molecule has 0 saturated carbocycles. The number of nitrogens with one attached hydrogen (secondary N) is 1. The summed E-state index contributed by atoms with van der Waals surface area (Å²) in [6.45, 7) is 2.91. The van der Waals surface area contributed by atoms with Gasteiger partial charge in [0.25, 0.3) is 5.91 Å². The summed E-state index contributed by atoms with van der Waals surface area (Å²) >= 11 is 0. The lowest BCUT2D eigenvalue weighted by molar-refractivity contribution is -0.137. The Labute approximate surface area is 212 Å². The van der Waals surface area contributed by atoms with E-state index in [4.69, 9.17) is 4.74 Å². The Bertz CT molecular complexity index is 1290. The molecule has 192 valence electrons. The monoisotopic (exact) mass is 510 g/mol. The molecule has 1 aromatic heterocycles. The van der Waals surface area contributed by atoms with Gasteiger partial charge in [-0.2, -0.15) is 13.2 Å². The summed E-state index contributed by atoms with van der Waals surface area (Å²) in [5.74, 6) is -0.561. The predicted molar refractivity (Wildman–Crippen MR) is 136 cm³/mol. The van der Waals surface area contributed by atoms with E-state index in [1.807, 2.05) is 6.07 Å². The number of morpholine rings is 1. The molecule has 0 aliphatic carbocycles. The number of halogens is 3. The smallest absolute Gasteiger partial charge is 0.378 e. The Balaban J connectivity index is 1.39. The van der Waals surface area contributed by atoms with Gasteiger partial charge in [0.15, 0.2) is 0 Å². The van der Waals surface area contributed by atoms with Gasteiger partial charge in [0.2, 0.25) is 5.91 Å². The second kappa shape index (κ2) is 11.3. The zero-order valence-electron chi connectivity index (χ0n) is 20.0. The Morgan fingerprint density at radius 3 is 2.51 bits per heavy atom. The van der Waals surface area contributed by atoms with Crippen LogP contribution in [0.2, 0.25) is 0 Å². The lowest BCUT2D eigenvalue weighted by Crippen LogP contribution is -2.36. The Kier molecular flexibility index (Phi) is 7.88. The second-order valence-electron chi connectivity index (χ2n) is 8.36. The number of rotatable bonds is 6. The molecule has 1 aliphatic heterocycles. The van der Waals surface area contributed by atoms with E-state index in [9.17, 15) is 22.8 Å². The van der Waals surface area contributed by atoms with Crippen LogP contribution in [-0.4, -0.2) is 50.1 Å². The lowest BCUT2D eigenvalue weighted by Gasteiger charge is -2.28. The number of anilines is 3. The van der Waals surface area contributed by atoms with E-state index >= 15 is 0 Å². The first-order valence-corrected chi connectivity index (χ1v) is 11.5. The standard InChI is InChI=1S/C27H25F3N4O3/c1-33(26(36)20-5-3-6-21(17-20)27(28,29)30)22-7-2-4-19(16-22)8-11-25(35)32-24-10-9-23(18-31-24)34-12-14-37-15-13-34/h2-11,16-18H,12-15H2,1H3,(H,31,32,35). The van der Waals surface area contributed by atoms with Crippen LogP contribution in [0.25, 0.3) is 6.08 Å². The van der Waals surface area contributed by atoms with Crippen molar-refractivity contribution in [3.05, 3.63) is 89.6 Å². The third-order valence-corrected chi connectivity index (χ3v) is 5.80. The van der Waals surface area contributed by atoms with Gasteiger partial charge < -0.3 is 19.9 Å². The summed E-state index contributed by atoms with van der Waals surface area (Å²) in [7, 11) is 1.48. The molecular formula is C27H25F3N4O3. The van der Waals surface area contributed by atoms with E-state index in [0.29, 0.717) is 30.3 Å². The van der Waals surface area contributed by atoms with E-state index in [1.165, 1.54) is 30.2 Å². The van der Waals surface area contributed by atoms with Crippen LogP contribution in [0.4, 0.5) is 30.4 Å². The van der Waals surface area contributed by atoms with E-state index in [-0.39, 0.29) is 11.5 Å². The first-order valence-electron chi connectivity index (χ1n) is 11.5. The van der Waals surface area contributed by atoms with Gasteiger partial charge in [-0.15, -0.1) is 0 Å². The van der Waals surface area contributed by atoms with Crippen LogP contribution in [0.3, 0.4) is 0 Å². The Morgan fingerprint density at radius 1 is 1.05 bits per heavy atom. The second-order valence-corrected chi connectivity index (χ2v) is 8.36. The molecule has 3 aromatic rings. The number of hydrogen-bond acceptors (Lipinski definition) is 5. The first kappa shape index (κ1) is 25.9. The number of hydrogen-bond donors (Lipinski definition) is 1. The molecule has 2 amide bonds. The van der Waals surface area contributed by atoms with E-state index in [0.717, 1.165) is 30.9 Å². The number of ether oxygens (including phenoxy) is 1. The lowest BCUT2D eigenvalue weighted by atomic mass is 10.1. The number of nitrogens with zero attached hydrogens (tertiary/aromatic N) is 3. The first-order chi connectivity index (χ1) is 17.7. The molecule has 0 spiro atoms. The van der Waals surface area contributed by atoms with Crippen molar-refractivity contribution in [3.63, 3.8) is 0 Å². The molecule has 37 heavy (non-hydrogen) atoms. The maximum absolute atomic E-state index is 13.0. The molecule has 1 N–H and O–H groups in total. The summed E-state index contributed by atoms with van der Waals surface area (Å²) in [6, 6.07) is 14.6. The molecule has 0 bridgehead atoms. The summed E-state index contributed by atoms with van der Waals surface area (Å²) in [5.41, 5.74) is 1.08. The molecule has 1 aliphatic rings. The molecule has 7 nitrogen and oxygen atoms in total. The highest BCUT2D eigenvalue weighted by molar-refractivity contribution is 6.06. The minimum atomic E-state index is -4.54. The van der Waals surface area contributed by atoms with Crippen molar-refractivity contribution in [1.29, 1.82) is 0 Å². The normalized spacial score (nSPS) is 14.0. The Morgan fingerprint density at radius 2 is 1.81 bits per heavy atom. The zero-order valence-corrected chi connectivity index (χ0v) is 20.0. The van der Waals surface area contributed by atoms with Gasteiger partial charge in [-0.3, -0.25) is 9.59 Å². The highest BCUT2D eigenvalue weighted by atomic mass is 19.4. The molecule has 2 aromatic carbocycles. The average molecular weight is 511 g/mol. The molecule has 2 heterocycles. The van der Waals surface area contributed by atoms with Crippen molar-refractivity contribution in [1.82, 2.24) is 4.98 Å². The van der Waals surface area contributed by atoms with Crippen LogP contribution in [0, 0.1) is 0 Å². The summed E-state index contributed by atoms with van der Waals surface area (Å²) < 4.78 is 44.4. The fraction of sp³-hybridized carbons (Fsp3) is 0.222.